The molecule has 0 unspecified atom stereocenters. The minimum atomic E-state index is -3.41. The monoisotopic (exact) mass is 430 g/mol. The van der Waals surface area contributed by atoms with Crippen molar-refractivity contribution < 1.29 is 22.7 Å². The average Bonchev–Trinajstić information content (AvgIpc) is 2.77. The summed E-state index contributed by atoms with van der Waals surface area (Å²) in [7, 11) is -0.270. The van der Waals surface area contributed by atoms with Crippen molar-refractivity contribution in [3.05, 3.63) is 65.7 Å². The van der Waals surface area contributed by atoms with Gasteiger partial charge in [0.25, 0.3) is 0 Å². The Kier molecular flexibility index (Phi) is 7.12. The maximum atomic E-state index is 12.7. The molecule has 160 valence electrons. The van der Waals surface area contributed by atoms with E-state index < -0.39 is 10.0 Å². The molecule has 1 fully saturated rings. The first-order chi connectivity index (χ1) is 14.4. The fourth-order valence-electron chi connectivity index (χ4n) is 3.30. The minimum absolute atomic E-state index is 0.0304. The zero-order chi connectivity index (χ0) is 21.6. The summed E-state index contributed by atoms with van der Waals surface area (Å²) in [5.41, 5.74) is 1.49. The maximum Gasteiger partial charge on any atom is 0.246 e. The van der Waals surface area contributed by atoms with E-state index in [9.17, 15) is 13.2 Å². The molecular weight excluding hydrogens is 404 g/mol. The van der Waals surface area contributed by atoms with E-state index in [0.29, 0.717) is 24.6 Å². The number of benzene rings is 2. The topological polar surface area (TPSA) is 76.2 Å². The van der Waals surface area contributed by atoms with Gasteiger partial charge >= 0.3 is 0 Å². The van der Waals surface area contributed by atoms with Gasteiger partial charge in [0.15, 0.2) is 0 Å². The van der Waals surface area contributed by atoms with Gasteiger partial charge in [-0.25, -0.2) is 8.42 Å². The third kappa shape index (κ3) is 5.40. The number of sulfonamides is 1. The number of rotatable bonds is 7. The highest BCUT2D eigenvalue weighted by atomic mass is 32.2. The molecule has 1 aliphatic heterocycles. The third-order valence-electron chi connectivity index (χ3n) is 4.98. The molecule has 0 spiro atoms. The molecule has 1 amide bonds. The summed E-state index contributed by atoms with van der Waals surface area (Å²) in [6.45, 7) is 1.29. The molecule has 0 radical (unpaired) electrons. The van der Waals surface area contributed by atoms with E-state index in [1.807, 2.05) is 18.2 Å². The van der Waals surface area contributed by atoms with E-state index in [1.54, 1.807) is 55.5 Å². The number of hydrogen-bond acceptors (Lipinski definition) is 5. The Morgan fingerprint density at radius 1 is 1.00 bits per heavy atom. The first-order valence-electron chi connectivity index (χ1n) is 9.63. The molecule has 30 heavy (non-hydrogen) atoms. The van der Waals surface area contributed by atoms with Crippen LogP contribution in [0.1, 0.15) is 11.1 Å². The van der Waals surface area contributed by atoms with Crippen LogP contribution in [-0.2, 0) is 20.6 Å². The SMILES string of the molecule is COc1ccc(OC)c(C=CC(=O)N2CCN(S(=O)(=O)Cc3ccccc3)CC2)c1. The molecule has 0 atom stereocenters. The number of piperazine rings is 1. The van der Waals surface area contributed by atoms with Gasteiger partial charge in [-0.15, -0.1) is 0 Å². The number of carbonyl (C=O) groups is 1. The number of amides is 1. The number of ether oxygens (including phenoxy) is 2. The normalized spacial score (nSPS) is 15.3. The molecule has 1 aliphatic rings. The quantitative estimate of drug-likeness (QED) is 0.631. The second kappa shape index (κ2) is 9.77. The number of nitrogens with zero attached hydrogens (tertiary/aromatic N) is 2. The molecule has 0 saturated carbocycles. The highest BCUT2D eigenvalue weighted by Crippen LogP contribution is 2.25. The van der Waals surface area contributed by atoms with E-state index in [-0.39, 0.29) is 24.7 Å². The van der Waals surface area contributed by atoms with Crippen molar-refractivity contribution in [2.75, 3.05) is 40.4 Å². The molecule has 0 bridgehead atoms. The van der Waals surface area contributed by atoms with Gasteiger partial charge in [0.1, 0.15) is 11.5 Å². The Bertz CT molecular complexity index is 997. The van der Waals surface area contributed by atoms with E-state index in [0.717, 1.165) is 11.1 Å². The molecule has 1 heterocycles. The molecule has 2 aromatic rings. The van der Waals surface area contributed by atoms with Crippen LogP contribution in [0.2, 0.25) is 0 Å². The molecule has 7 nitrogen and oxygen atoms in total. The molecule has 0 N–H and O–H groups in total. The molecular formula is C22H26N2O5S. The summed E-state index contributed by atoms with van der Waals surface area (Å²) in [4.78, 5) is 14.2. The molecule has 0 aliphatic carbocycles. The van der Waals surface area contributed by atoms with Crippen LogP contribution in [0, 0.1) is 0 Å². The van der Waals surface area contributed by atoms with Crippen molar-refractivity contribution in [3.8, 4) is 11.5 Å². The van der Waals surface area contributed by atoms with Crippen molar-refractivity contribution in [3.63, 3.8) is 0 Å². The maximum absolute atomic E-state index is 12.7. The molecule has 0 aromatic heterocycles. The minimum Gasteiger partial charge on any atom is -0.497 e. The zero-order valence-corrected chi connectivity index (χ0v) is 18.0. The second-order valence-corrected chi connectivity index (χ2v) is 8.88. The Morgan fingerprint density at radius 3 is 2.33 bits per heavy atom. The molecule has 2 aromatic carbocycles. The fraction of sp³-hybridized carbons (Fsp3) is 0.318. The van der Waals surface area contributed by atoms with Crippen LogP contribution in [0.15, 0.2) is 54.6 Å². The van der Waals surface area contributed by atoms with E-state index in [1.165, 1.54) is 10.4 Å². The summed E-state index contributed by atoms with van der Waals surface area (Å²) < 4.78 is 37.3. The van der Waals surface area contributed by atoms with E-state index >= 15 is 0 Å². The smallest absolute Gasteiger partial charge is 0.246 e. The van der Waals surface area contributed by atoms with Crippen molar-refractivity contribution in [2.45, 2.75) is 5.75 Å². The molecule has 1 saturated heterocycles. The summed E-state index contributed by atoms with van der Waals surface area (Å²) >= 11 is 0. The van der Waals surface area contributed by atoms with Crippen LogP contribution in [0.25, 0.3) is 6.08 Å². The summed E-state index contributed by atoms with van der Waals surface area (Å²) in [5.74, 6) is 1.11. The van der Waals surface area contributed by atoms with E-state index in [4.69, 9.17) is 9.47 Å². The number of carbonyl (C=O) groups excluding carboxylic acids is 1. The van der Waals surface area contributed by atoms with Gasteiger partial charge in [-0.2, -0.15) is 4.31 Å². The summed E-state index contributed by atoms with van der Waals surface area (Å²) in [5, 5.41) is 0. The zero-order valence-electron chi connectivity index (χ0n) is 17.2. The van der Waals surface area contributed by atoms with Crippen molar-refractivity contribution >= 4 is 22.0 Å². The predicted molar refractivity (Wildman–Crippen MR) is 116 cm³/mol. The Balaban J connectivity index is 1.60. The van der Waals surface area contributed by atoms with Gasteiger partial charge in [-0.3, -0.25) is 4.79 Å². The number of hydrogen-bond donors (Lipinski definition) is 0. The lowest BCUT2D eigenvalue weighted by Gasteiger charge is -2.33. The largest absolute Gasteiger partial charge is 0.497 e. The van der Waals surface area contributed by atoms with Crippen LogP contribution < -0.4 is 9.47 Å². The Morgan fingerprint density at radius 2 is 1.70 bits per heavy atom. The van der Waals surface area contributed by atoms with Gasteiger partial charge < -0.3 is 14.4 Å². The van der Waals surface area contributed by atoms with Crippen LogP contribution in [0.4, 0.5) is 0 Å². The van der Waals surface area contributed by atoms with Gasteiger partial charge in [0.05, 0.1) is 20.0 Å². The Hall–Kier alpha value is -2.84. The standard InChI is InChI=1S/C22H26N2O5S/c1-28-20-9-10-21(29-2)19(16-20)8-11-22(25)23-12-14-24(15-13-23)30(26,27)17-18-6-4-3-5-7-18/h3-11,16H,12-15,17H2,1-2H3. The van der Waals surface area contributed by atoms with Gasteiger partial charge in [-0.1, -0.05) is 30.3 Å². The van der Waals surface area contributed by atoms with Gasteiger partial charge in [0, 0.05) is 37.8 Å². The highest BCUT2D eigenvalue weighted by Gasteiger charge is 2.28. The van der Waals surface area contributed by atoms with Crippen molar-refractivity contribution in [2.24, 2.45) is 0 Å². The van der Waals surface area contributed by atoms with Crippen molar-refractivity contribution in [1.82, 2.24) is 9.21 Å². The van der Waals surface area contributed by atoms with Gasteiger partial charge in [-0.05, 0) is 29.8 Å². The first kappa shape index (κ1) is 21.9. The predicted octanol–water partition coefficient (Wildman–Crippen LogP) is 2.39. The lowest BCUT2D eigenvalue weighted by molar-refractivity contribution is -0.127. The lowest BCUT2D eigenvalue weighted by Crippen LogP contribution is -2.50. The molecule has 8 heteroatoms. The summed E-state index contributed by atoms with van der Waals surface area (Å²) in [6.07, 6.45) is 3.16. The average molecular weight is 431 g/mol. The van der Waals surface area contributed by atoms with Gasteiger partial charge in [0.2, 0.25) is 15.9 Å². The van der Waals surface area contributed by atoms with Crippen LogP contribution >= 0.6 is 0 Å². The third-order valence-corrected chi connectivity index (χ3v) is 6.83. The first-order valence-corrected chi connectivity index (χ1v) is 11.2. The van der Waals surface area contributed by atoms with Crippen molar-refractivity contribution in [1.29, 1.82) is 0 Å². The van der Waals surface area contributed by atoms with Crippen LogP contribution in [0.5, 0.6) is 11.5 Å². The highest BCUT2D eigenvalue weighted by molar-refractivity contribution is 7.88. The fourth-order valence-corrected chi connectivity index (χ4v) is 4.81. The number of methoxy groups -OCH3 is 2. The second-order valence-electron chi connectivity index (χ2n) is 6.91. The van der Waals surface area contributed by atoms with E-state index in [2.05, 4.69) is 0 Å². The molecule has 3 rings (SSSR count). The Labute approximate surface area is 177 Å². The van der Waals surface area contributed by atoms with Crippen LogP contribution in [0.3, 0.4) is 0 Å². The summed E-state index contributed by atoms with van der Waals surface area (Å²) in [6, 6.07) is 14.5. The lowest BCUT2D eigenvalue weighted by atomic mass is 10.1. The van der Waals surface area contributed by atoms with Crippen LogP contribution in [-0.4, -0.2) is 63.9 Å².